The number of piperidine rings is 1. The second kappa shape index (κ2) is 6.95. The van der Waals surface area contributed by atoms with Crippen molar-refractivity contribution in [2.75, 3.05) is 27.3 Å². The summed E-state index contributed by atoms with van der Waals surface area (Å²) in [6.07, 6.45) is 1.95. The lowest BCUT2D eigenvalue weighted by Crippen LogP contribution is -2.36. The summed E-state index contributed by atoms with van der Waals surface area (Å²) in [6.45, 7) is 4.87. The van der Waals surface area contributed by atoms with Gasteiger partial charge in [-0.25, -0.2) is 0 Å². The summed E-state index contributed by atoms with van der Waals surface area (Å²) in [5.74, 6) is 2.11. The van der Waals surface area contributed by atoms with Crippen molar-refractivity contribution in [3.8, 4) is 11.5 Å². The third kappa shape index (κ3) is 3.87. The highest BCUT2D eigenvalue weighted by molar-refractivity contribution is 5.38. The molecule has 0 bridgehead atoms. The zero-order valence-corrected chi connectivity index (χ0v) is 12.6. The van der Waals surface area contributed by atoms with Crippen molar-refractivity contribution in [1.82, 2.24) is 4.90 Å². The molecule has 1 atom stereocenters. The molecular formula is C16H25NO3. The summed E-state index contributed by atoms with van der Waals surface area (Å²) < 4.78 is 10.6. The smallest absolute Gasteiger partial charge is 0.122 e. The molecule has 4 heteroatoms. The highest BCUT2D eigenvalue weighted by Crippen LogP contribution is 2.26. The van der Waals surface area contributed by atoms with E-state index in [1.807, 2.05) is 13.0 Å². The van der Waals surface area contributed by atoms with E-state index in [0.29, 0.717) is 5.92 Å². The number of ether oxygens (including phenoxy) is 2. The molecule has 1 heterocycles. The SMILES string of the molecule is COc1cc(CN2CCC(C(C)O)CC2)cc(OC)c1. The lowest BCUT2D eigenvalue weighted by molar-refractivity contribution is 0.0695. The van der Waals surface area contributed by atoms with E-state index in [2.05, 4.69) is 17.0 Å². The molecule has 1 aromatic rings. The molecule has 20 heavy (non-hydrogen) atoms. The van der Waals surface area contributed by atoms with Crippen LogP contribution in [0.25, 0.3) is 0 Å². The van der Waals surface area contributed by atoms with Crippen LogP contribution in [0.1, 0.15) is 25.3 Å². The van der Waals surface area contributed by atoms with E-state index in [9.17, 15) is 5.11 Å². The van der Waals surface area contributed by atoms with Crippen LogP contribution in [0.4, 0.5) is 0 Å². The average Bonchev–Trinajstić information content (AvgIpc) is 2.47. The van der Waals surface area contributed by atoms with Crippen LogP contribution in [0.3, 0.4) is 0 Å². The summed E-state index contributed by atoms with van der Waals surface area (Å²) in [5, 5.41) is 9.64. The van der Waals surface area contributed by atoms with Crippen molar-refractivity contribution in [3.63, 3.8) is 0 Å². The number of benzene rings is 1. The molecular weight excluding hydrogens is 254 g/mol. The van der Waals surface area contributed by atoms with Crippen molar-refractivity contribution < 1.29 is 14.6 Å². The summed E-state index contributed by atoms with van der Waals surface area (Å²) in [4.78, 5) is 2.42. The normalized spacial score (nSPS) is 18.8. The number of nitrogens with zero attached hydrogens (tertiary/aromatic N) is 1. The molecule has 1 aliphatic rings. The number of hydrogen-bond donors (Lipinski definition) is 1. The quantitative estimate of drug-likeness (QED) is 0.898. The molecule has 1 unspecified atom stereocenters. The van der Waals surface area contributed by atoms with E-state index in [-0.39, 0.29) is 6.10 Å². The molecule has 0 spiro atoms. The molecule has 0 radical (unpaired) electrons. The number of aliphatic hydroxyl groups is 1. The highest BCUT2D eigenvalue weighted by atomic mass is 16.5. The van der Waals surface area contributed by atoms with Crippen LogP contribution in [-0.2, 0) is 6.54 Å². The Balaban J connectivity index is 1.97. The van der Waals surface area contributed by atoms with E-state index in [0.717, 1.165) is 44.0 Å². The van der Waals surface area contributed by atoms with Gasteiger partial charge >= 0.3 is 0 Å². The van der Waals surface area contributed by atoms with Gasteiger partial charge in [0.25, 0.3) is 0 Å². The number of hydrogen-bond acceptors (Lipinski definition) is 4. The second-order valence-corrected chi connectivity index (χ2v) is 5.58. The number of likely N-dealkylation sites (tertiary alicyclic amines) is 1. The molecule has 4 nitrogen and oxygen atoms in total. The third-order valence-corrected chi connectivity index (χ3v) is 4.13. The van der Waals surface area contributed by atoms with Crippen LogP contribution in [0.15, 0.2) is 18.2 Å². The maximum absolute atomic E-state index is 9.64. The Kier molecular flexibility index (Phi) is 5.26. The van der Waals surface area contributed by atoms with Crippen LogP contribution in [0.2, 0.25) is 0 Å². The van der Waals surface area contributed by atoms with E-state index in [1.54, 1.807) is 14.2 Å². The summed E-state index contributed by atoms with van der Waals surface area (Å²) in [6, 6.07) is 6.01. The average molecular weight is 279 g/mol. The topological polar surface area (TPSA) is 41.9 Å². The highest BCUT2D eigenvalue weighted by Gasteiger charge is 2.22. The molecule has 112 valence electrons. The first-order chi connectivity index (χ1) is 9.62. The summed E-state index contributed by atoms with van der Waals surface area (Å²) in [5.41, 5.74) is 1.21. The standard InChI is InChI=1S/C16H25NO3/c1-12(18)14-4-6-17(7-5-14)11-13-8-15(19-2)10-16(9-13)20-3/h8-10,12,14,18H,4-7,11H2,1-3H3. The van der Waals surface area contributed by atoms with Crippen molar-refractivity contribution in [2.45, 2.75) is 32.4 Å². The van der Waals surface area contributed by atoms with E-state index >= 15 is 0 Å². The molecule has 1 fully saturated rings. The fourth-order valence-corrected chi connectivity index (χ4v) is 2.81. The van der Waals surface area contributed by atoms with Crippen molar-refractivity contribution in [1.29, 1.82) is 0 Å². The molecule has 1 aliphatic heterocycles. The molecule has 0 aliphatic carbocycles. The Morgan fingerprint density at radius 2 is 1.70 bits per heavy atom. The maximum atomic E-state index is 9.64. The van der Waals surface area contributed by atoms with Gasteiger partial charge in [-0.1, -0.05) is 0 Å². The first-order valence-electron chi connectivity index (χ1n) is 7.24. The lowest BCUT2D eigenvalue weighted by atomic mass is 9.92. The maximum Gasteiger partial charge on any atom is 0.122 e. The van der Waals surface area contributed by atoms with Gasteiger partial charge in [-0.3, -0.25) is 4.90 Å². The largest absolute Gasteiger partial charge is 0.497 e. The first kappa shape index (κ1) is 15.1. The predicted octanol–water partition coefficient (Wildman–Crippen LogP) is 2.30. The number of rotatable bonds is 5. The lowest BCUT2D eigenvalue weighted by Gasteiger charge is -2.33. The van der Waals surface area contributed by atoms with Crippen molar-refractivity contribution >= 4 is 0 Å². The van der Waals surface area contributed by atoms with Gasteiger partial charge in [-0.2, -0.15) is 0 Å². The van der Waals surface area contributed by atoms with Crippen LogP contribution < -0.4 is 9.47 Å². The molecule has 0 amide bonds. The van der Waals surface area contributed by atoms with Crippen LogP contribution in [0.5, 0.6) is 11.5 Å². The minimum atomic E-state index is -0.186. The van der Waals surface area contributed by atoms with Crippen LogP contribution >= 0.6 is 0 Å². The molecule has 0 aromatic heterocycles. The van der Waals surface area contributed by atoms with Gasteiger partial charge in [0.2, 0.25) is 0 Å². The second-order valence-electron chi connectivity index (χ2n) is 5.58. The van der Waals surface area contributed by atoms with Crippen LogP contribution in [0, 0.1) is 5.92 Å². The van der Waals surface area contributed by atoms with Gasteiger partial charge in [0.05, 0.1) is 20.3 Å². The Bertz CT molecular complexity index is 403. The van der Waals surface area contributed by atoms with Gasteiger partial charge in [-0.05, 0) is 56.5 Å². The van der Waals surface area contributed by atoms with Gasteiger partial charge < -0.3 is 14.6 Å². The Hall–Kier alpha value is -1.26. The van der Waals surface area contributed by atoms with E-state index in [1.165, 1.54) is 5.56 Å². The summed E-state index contributed by atoms with van der Waals surface area (Å²) >= 11 is 0. The van der Waals surface area contributed by atoms with Gasteiger partial charge in [0.1, 0.15) is 11.5 Å². The monoisotopic (exact) mass is 279 g/mol. The third-order valence-electron chi connectivity index (χ3n) is 4.13. The van der Waals surface area contributed by atoms with Gasteiger partial charge in [-0.15, -0.1) is 0 Å². The number of aliphatic hydroxyl groups excluding tert-OH is 1. The molecule has 2 rings (SSSR count). The van der Waals surface area contributed by atoms with E-state index in [4.69, 9.17) is 9.47 Å². The van der Waals surface area contributed by atoms with Crippen LogP contribution in [-0.4, -0.2) is 43.4 Å². The molecule has 1 N–H and O–H groups in total. The van der Waals surface area contributed by atoms with Crippen molar-refractivity contribution in [2.24, 2.45) is 5.92 Å². The molecule has 1 saturated heterocycles. The van der Waals surface area contributed by atoms with Crippen molar-refractivity contribution in [3.05, 3.63) is 23.8 Å². The Labute approximate surface area is 121 Å². The fraction of sp³-hybridized carbons (Fsp3) is 0.625. The Morgan fingerprint density at radius 3 is 2.15 bits per heavy atom. The van der Waals surface area contributed by atoms with Gasteiger partial charge in [0.15, 0.2) is 0 Å². The Morgan fingerprint density at radius 1 is 1.15 bits per heavy atom. The summed E-state index contributed by atoms with van der Waals surface area (Å²) in [7, 11) is 3.35. The minimum absolute atomic E-state index is 0.186. The zero-order valence-electron chi connectivity index (χ0n) is 12.6. The number of methoxy groups -OCH3 is 2. The predicted molar refractivity (Wildman–Crippen MR) is 79.2 cm³/mol. The minimum Gasteiger partial charge on any atom is -0.497 e. The molecule has 0 saturated carbocycles. The zero-order chi connectivity index (χ0) is 14.5. The fourth-order valence-electron chi connectivity index (χ4n) is 2.81. The first-order valence-corrected chi connectivity index (χ1v) is 7.24. The van der Waals surface area contributed by atoms with Gasteiger partial charge in [0, 0.05) is 12.6 Å². The molecule has 1 aromatic carbocycles. The van der Waals surface area contributed by atoms with E-state index < -0.39 is 0 Å².